The van der Waals surface area contributed by atoms with Crippen LogP contribution < -0.4 is 10.9 Å². The van der Waals surface area contributed by atoms with Gasteiger partial charge in [0, 0.05) is 11.4 Å². The minimum Gasteiger partial charge on any atom is -0.354 e. The van der Waals surface area contributed by atoms with Crippen molar-refractivity contribution < 1.29 is 4.79 Å². The number of nitrogens with one attached hydrogen (secondary N) is 1. The number of hydrogen-bond donors (Lipinski definition) is 1. The van der Waals surface area contributed by atoms with Crippen molar-refractivity contribution in [2.24, 2.45) is 5.92 Å². The number of amides is 1. The third-order valence-corrected chi connectivity index (χ3v) is 5.22. The fourth-order valence-electron chi connectivity index (χ4n) is 2.90. The first-order chi connectivity index (χ1) is 11.0. The molecule has 0 atom stereocenters. The van der Waals surface area contributed by atoms with E-state index >= 15 is 0 Å². The van der Waals surface area contributed by atoms with Crippen LogP contribution in [0.15, 0.2) is 16.9 Å². The normalized spacial score (nSPS) is 14.7. The number of fused-ring (bicyclic) bond motifs is 3. The average molecular weight is 330 g/mol. The molecule has 23 heavy (non-hydrogen) atoms. The predicted octanol–water partition coefficient (Wildman–Crippen LogP) is 1.85. The summed E-state index contributed by atoms with van der Waals surface area (Å²) in [7, 11) is 0. The Labute approximate surface area is 136 Å². The SMILES string of the molecule is Cc1cc2c(cc3c(=O)n(CC(=O)NCC4CC4)nc(C)n32)s1. The standard InChI is InChI=1S/C16H18N4O2S/c1-9-5-12-14(23-9)6-13-16(22)19(18-10(2)20(12)13)8-15(21)17-7-11-3-4-11/h5-6,11H,3-4,7-8H2,1-2H3,(H,17,21). The number of rotatable bonds is 4. The molecule has 0 aliphatic heterocycles. The maximum absolute atomic E-state index is 12.6. The van der Waals surface area contributed by atoms with Crippen molar-refractivity contribution >= 4 is 33.0 Å². The topological polar surface area (TPSA) is 68.4 Å². The molecule has 0 radical (unpaired) electrons. The highest BCUT2D eigenvalue weighted by Gasteiger charge is 2.22. The third-order valence-electron chi connectivity index (χ3n) is 4.23. The summed E-state index contributed by atoms with van der Waals surface area (Å²) in [5.74, 6) is 1.18. The molecular weight excluding hydrogens is 312 g/mol. The molecule has 3 aromatic rings. The smallest absolute Gasteiger partial charge is 0.291 e. The van der Waals surface area contributed by atoms with Crippen molar-refractivity contribution in [3.05, 3.63) is 33.2 Å². The zero-order chi connectivity index (χ0) is 16.1. The molecule has 0 bridgehead atoms. The van der Waals surface area contributed by atoms with Crippen LogP contribution in [-0.4, -0.2) is 26.6 Å². The number of carbonyl (C=O) groups excluding carboxylic acids is 1. The van der Waals surface area contributed by atoms with Gasteiger partial charge < -0.3 is 5.32 Å². The van der Waals surface area contributed by atoms with Crippen LogP contribution >= 0.6 is 11.3 Å². The van der Waals surface area contributed by atoms with Gasteiger partial charge >= 0.3 is 0 Å². The number of aryl methyl sites for hydroxylation is 2. The van der Waals surface area contributed by atoms with Gasteiger partial charge in [-0.15, -0.1) is 11.3 Å². The molecule has 1 amide bonds. The first-order valence-electron chi connectivity index (χ1n) is 7.79. The predicted molar refractivity (Wildman–Crippen MR) is 90.0 cm³/mol. The van der Waals surface area contributed by atoms with Crippen LogP contribution in [0.1, 0.15) is 23.5 Å². The highest BCUT2D eigenvalue weighted by atomic mass is 32.1. The molecule has 1 aliphatic carbocycles. The van der Waals surface area contributed by atoms with Crippen LogP contribution in [-0.2, 0) is 11.3 Å². The van der Waals surface area contributed by atoms with Gasteiger partial charge in [-0.2, -0.15) is 5.10 Å². The monoisotopic (exact) mass is 330 g/mol. The van der Waals surface area contributed by atoms with E-state index in [0.717, 1.165) is 10.2 Å². The average Bonchev–Trinajstić information content (AvgIpc) is 3.16. The third kappa shape index (κ3) is 2.55. The molecule has 3 heterocycles. The number of thiophene rings is 1. The summed E-state index contributed by atoms with van der Waals surface area (Å²) in [4.78, 5) is 25.8. The van der Waals surface area contributed by atoms with Gasteiger partial charge in [-0.3, -0.25) is 14.0 Å². The molecule has 7 heteroatoms. The molecule has 0 saturated heterocycles. The molecule has 1 saturated carbocycles. The van der Waals surface area contributed by atoms with Crippen molar-refractivity contribution in [1.29, 1.82) is 0 Å². The lowest BCUT2D eigenvalue weighted by molar-refractivity contribution is -0.121. The molecule has 0 aromatic carbocycles. The highest BCUT2D eigenvalue weighted by molar-refractivity contribution is 7.19. The second kappa shape index (κ2) is 5.19. The molecule has 1 aliphatic rings. The molecule has 6 nitrogen and oxygen atoms in total. The van der Waals surface area contributed by atoms with Gasteiger partial charge in [0.1, 0.15) is 17.9 Å². The van der Waals surface area contributed by atoms with E-state index in [2.05, 4.69) is 16.5 Å². The Morgan fingerprint density at radius 1 is 1.35 bits per heavy atom. The minimum atomic E-state index is -0.224. The van der Waals surface area contributed by atoms with Gasteiger partial charge in [-0.25, -0.2) is 4.68 Å². The summed E-state index contributed by atoms with van der Waals surface area (Å²) in [6.07, 6.45) is 2.37. The molecule has 1 N–H and O–H groups in total. The summed E-state index contributed by atoms with van der Waals surface area (Å²) in [5, 5.41) is 7.20. The number of carbonyl (C=O) groups is 1. The number of nitrogens with zero attached hydrogens (tertiary/aromatic N) is 3. The Morgan fingerprint density at radius 3 is 2.87 bits per heavy atom. The fourth-order valence-corrected chi connectivity index (χ4v) is 3.84. The second-order valence-corrected chi connectivity index (χ2v) is 7.52. The van der Waals surface area contributed by atoms with Gasteiger partial charge in [0.2, 0.25) is 5.91 Å². The van der Waals surface area contributed by atoms with Crippen molar-refractivity contribution in [3.63, 3.8) is 0 Å². The molecule has 3 aromatic heterocycles. The quantitative estimate of drug-likeness (QED) is 0.794. The molecule has 120 valence electrons. The fraction of sp³-hybridized carbons (Fsp3) is 0.438. The highest BCUT2D eigenvalue weighted by Crippen LogP contribution is 2.28. The van der Waals surface area contributed by atoms with E-state index in [-0.39, 0.29) is 18.0 Å². The zero-order valence-corrected chi connectivity index (χ0v) is 13.9. The van der Waals surface area contributed by atoms with Crippen molar-refractivity contribution in [1.82, 2.24) is 19.5 Å². The summed E-state index contributed by atoms with van der Waals surface area (Å²) in [5.41, 5.74) is 1.36. The van der Waals surface area contributed by atoms with Gasteiger partial charge in [-0.05, 0) is 44.7 Å². The lowest BCUT2D eigenvalue weighted by atomic mass is 10.4. The van der Waals surface area contributed by atoms with Crippen molar-refractivity contribution in [3.8, 4) is 0 Å². The summed E-state index contributed by atoms with van der Waals surface area (Å²) in [6, 6.07) is 3.95. The number of aromatic nitrogens is 3. The Bertz CT molecular complexity index is 977. The first-order valence-corrected chi connectivity index (χ1v) is 8.60. The van der Waals surface area contributed by atoms with Crippen LogP contribution in [0, 0.1) is 19.8 Å². The van der Waals surface area contributed by atoms with E-state index in [0.29, 0.717) is 23.8 Å². The van der Waals surface area contributed by atoms with Crippen molar-refractivity contribution in [2.75, 3.05) is 6.54 Å². The van der Waals surface area contributed by atoms with Gasteiger partial charge in [0.25, 0.3) is 5.56 Å². The van der Waals surface area contributed by atoms with Crippen LogP contribution in [0.4, 0.5) is 0 Å². The van der Waals surface area contributed by atoms with Crippen LogP contribution in [0.5, 0.6) is 0 Å². The zero-order valence-electron chi connectivity index (χ0n) is 13.1. The molecule has 4 rings (SSSR count). The maximum Gasteiger partial charge on any atom is 0.291 e. The van der Waals surface area contributed by atoms with E-state index < -0.39 is 0 Å². The summed E-state index contributed by atoms with van der Waals surface area (Å²) in [6.45, 7) is 4.58. The maximum atomic E-state index is 12.6. The molecular formula is C16H18N4O2S. The summed E-state index contributed by atoms with van der Waals surface area (Å²) >= 11 is 1.66. The van der Waals surface area contributed by atoms with Crippen molar-refractivity contribution in [2.45, 2.75) is 33.2 Å². The largest absolute Gasteiger partial charge is 0.354 e. The Morgan fingerprint density at radius 2 is 2.13 bits per heavy atom. The van der Waals surface area contributed by atoms with Gasteiger partial charge in [-0.1, -0.05) is 0 Å². The molecule has 0 spiro atoms. The molecule has 1 fully saturated rings. The number of hydrogen-bond acceptors (Lipinski definition) is 4. The van der Waals surface area contributed by atoms with E-state index in [1.165, 1.54) is 22.4 Å². The van der Waals surface area contributed by atoms with E-state index in [9.17, 15) is 9.59 Å². The summed E-state index contributed by atoms with van der Waals surface area (Å²) < 4.78 is 4.21. The lowest BCUT2D eigenvalue weighted by Gasteiger charge is -2.09. The minimum absolute atomic E-state index is 0.0270. The van der Waals surface area contributed by atoms with Crippen LogP contribution in [0.3, 0.4) is 0 Å². The Balaban J connectivity index is 1.71. The Hall–Kier alpha value is -2.15. The van der Waals surface area contributed by atoms with Crippen LogP contribution in [0.2, 0.25) is 0 Å². The Kier molecular flexibility index (Phi) is 3.26. The van der Waals surface area contributed by atoms with Crippen LogP contribution in [0.25, 0.3) is 15.7 Å². The van der Waals surface area contributed by atoms with E-state index in [1.54, 1.807) is 11.3 Å². The van der Waals surface area contributed by atoms with E-state index in [4.69, 9.17) is 0 Å². The second-order valence-electron chi connectivity index (χ2n) is 6.23. The lowest BCUT2D eigenvalue weighted by Crippen LogP contribution is -2.35. The van der Waals surface area contributed by atoms with Gasteiger partial charge in [0.05, 0.1) is 10.2 Å². The first kappa shape index (κ1) is 14.4. The molecule has 0 unspecified atom stereocenters. The van der Waals surface area contributed by atoms with Gasteiger partial charge in [0.15, 0.2) is 0 Å². The van der Waals surface area contributed by atoms with E-state index in [1.807, 2.05) is 24.3 Å².